The molecule has 2 heterocycles. The Morgan fingerprint density at radius 3 is 3.10 bits per heavy atom. The molecule has 4 heteroatoms. The van der Waals surface area contributed by atoms with Gasteiger partial charge in [0.2, 0.25) is 0 Å². The zero-order valence-electron chi connectivity index (χ0n) is 12.4. The number of halogens is 1. The Bertz CT molecular complexity index is 617. The number of nitrogens with zero attached hydrogens (tertiary/aromatic N) is 2. The molecular weight excluding hydrogens is 284 g/mol. The number of alkyl halides is 1. The van der Waals surface area contributed by atoms with Crippen LogP contribution in [0.3, 0.4) is 0 Å². The minimum atomic E-state index is 0.573. The third kappa shape index (κ3) is 2.93. The number of fused-ring (bicyclic) bond motifs is 1. The van der Waals surface area contributed by atoms with Crippen molar-refractivity contribution in [3.63, 3.8) is 0 Å². The average Bonchev–Trinajstić information content (AvgIpc) is 3.00. The molecule has 0 bridgehead atoms. The van der Waals surface area contributed by atoms with E-state index in [9.17, 15) is 0 Å². The Morgan fingerprint density at radius 2 is 2.29 bits per heavy atom. The number of methoxy groups -OCH3 is 1. The van der Waals surface area contributed by atoms with Gasteiger partial charge in [0.05, 0.1) is 7.11 Å². The van der Waals surface area contributed by atoms with Crippen LogP contribution in [0.15, 0.2) is 30.5 Å². The van der Waals surface area contributed by atoms with Gasteiger partial charge in [-0.05, 0) is 55.3 Å². The first-order valence-corrected chi connectivity index (χ1v) is 8.12. The largest absolute Gasteiger partial charge is 0.497 e. The Kier molecular flexibility index (Phi) is 4.49. The second-order valence-electron chi connectivity index (χ2n) is 5.54. The molecule has 0 amide bonds. The Balaban J connectivity index is 1.95. The molecule has 2 aromatic rings. The van der Waals surface area contributed by atoms with Crippen molar-refractivity contribution in [3.8, 4) is 5.75 Å². The minimum absolute atomic E-state index is 0.573. The smallest absolute Gasteiger partial charge is 0.136 e. The molecular formula is C17H21ClN2O. The summed E-state index contributed by atoms with van der Waals surface area (Å²) in [6, 6.07) is 8.82. The lowest BCUT2D eigenvalue weighted by Crippen LogP contribution is -2.30. The Morgan fingerprint density at radius 1 is 1.38 bits per heavy atom. The number of hydrogen-bond acceptors (Lipinski definition) is 3. The molecule has 1 aliphatic rings. The van der Waals surface area contributed by atoms with Crippen LogP contribution in [0.4, 0.5) is 5.82 Å². The van der Waals surface area contributed by atoms with Gasteiger partial charge in [-0.15, -0.1) is 11.6 Å². The lowest BCUT2D eigenvalue weighted by molar-refractivity contribution is 0.415. The van der Waals surface area contributed by atoms with E-state index in [1.165, 1.54) is 23.6 Å². The van der Waals surface area contributed by atoms with E-state index in [1.807, 2.05) is 18.3 Å². The zero-order chi connectivity index (χ0) is 14.7. The fourth-order valence-electron chi connectivity index (χ4n) is 3.22. The summed E-state index contributed by atoms with van der Waals surface area (Å²) >= 11 is 5.85. The van der Waals surface area contributed by atoms with Crippen LogP contribution < -0.4 is 9.64 Å². The van der Waals surface area contributed by atoms with Crippen molar-refractivity contribution >= 4 is 28.2 Å². The van der Waals surface area contributed by atoms with Gasteiger partial charge in [0, 0.05) is 30.0 Å². The molecule has 0 radical (unpaired) electrons. The fourth-order valence-corrected chi connectivity index (χ4v) is 3.38. The summed E-state index contributed by atoms with van der Waals surface area (Å²) in [5.74, 6) is 2.73. The molecule has 0 aliphatic carbocycles. The van der Waals surface area contributed by atoms with Crippen molar-refractivity contribution in [2.45, 2.75) is 31.7 Å². The number of ether oxygens (including phenoxy) is 1. The maximum Gasteiger partial charge on any atom is 0.136 e. The molecule has 1 aromatic carbocycles. The number of pyridine rings is 1. The molecule has 1 fully saturated rings. The third-order valence-corrected chi connectivity index (χ3v) is 4.54. The van der Waals surface area contributed by atoms with Crippen molar-refractivity contribution in [2.24, 2.45) is 0 Å². The minimum Gasteiger partial charge on any atom is -0.497 e. The lowest BCUT2D eigenvalue weighted by atomic mass is 10.1. The van der Waals surface area contributed by atoms with Crippen molar-refractivity contribution in [1.82, 2.24) is 4.98 Å². The second kappa shape index (κ2) is 6.52. The number of benzene rings is 1. The molecule has 3 rings (SSSR count). The van der Waals surface area contributed by atoms with Gasteiger partial charge >= 0.3 is 0 Å². The third-order valence-electron chi connectivity index (χ3n) is 4.27. The summed E-state index contributed by atoms with van der Waals surface area (Å²) in [6.45, 7) is 1.09. The van der Waals surface area contributed by atoms with E-state index in [4.69, 9.17) is 16.3 Å². The van der Waals surface area contributed by atoms with Crippen LogP contribution in [0.5, 0.6) is 5.75 Å². The van der Waals surface area contributed by atoms with Gasteiger partial charge in [-0.2, -0.15) is 0 Å². The fraction of sp³-hybridized carbons (Fsp3) is 0.471. The summed E-state index contributed by atoms with van der Waals surface area (Å²) < 4.78 is 5.31. The van der Waals surface area contributed by atoms with Gasteiger partial charge in [0.1, 0.15) is 11.6 Å². The van der Waals surface area contributed by atoms with E-state index in [0.29, 0.717) is 6.04 Å². The molecule has 1 aliphatic heterocycles. The van der Waals surface area contributed by atoms with E-state index >= 15 is 0 Å². The van der Waals surface area contributed by atoms with Gasteiger partial charge in [-0.3, -0.25) is 0 Å². The second-order valence-corrected chi connectivity index (χ2v) is 5.92. The van der Waals surface area contributed by atoms with E-state index in [1.54, 1.807) is 7.11 Å². The van der Waals surface area contributed by atoms with Crippen molar-refractivity contribution in [1.29, 1.82) is 0 Å². The normalized spacial score (nSPS) is 18.4. The molecule has 0 N–H and O–H groups in total. The molecule has 3 nitrogen and oxygen atoms in total. The van der Waals surface area contributed by atoms with Crippen molar-refractivity contribution in [3.05, 3.63) is 30.5 Å². The monoisotopic (exact) mass is 304 g/mol. The summed E-state index contributed by atoms with van der Waals surface area (Å²) in [5, 5.41) is 2.39. The number of rotatable bonds is 5. The lowest BCUT2D eigenvalue weighted by Gasteiger charge is -2.26. The number of anilines is 1. The van der Waals surface area contributed by atoms with Crippen LogP contribution in [0.1, 0.15) is 25.7 Å². The molecule has 112 valence electrons. The van der Waals surface area contributed by atoms with Gasteiger partial charge < -0.3 is 9.64 Å². The van der Waals surface area contributed by atoms with Gasteiger partial charge in [0.15, 0.2) is 0 Å². The van der Waals surface area contributed by atoms with E-state index in [-0.39, 0.29) is 0 Å². The first kappa shape index (κ1) is 14.5. The summed E-state index contributed by atoms with van der Waals surface area (Å²) in [7, 11) is 1.70. The van der Waals surface area contributed by atoms with Crippen LogP contribution in [-0.2, 0) is 0 Å². The zero-order valence-corrected chi connectivity index (χ0v) is 13.1. The molecule has 1 atom stereocenters. The molecule has 21 heavy (non-hydrogen) atoms. The maximum absolute atomic E-state index is 5.85. The highest BCUT2D eigenvalue weighted by molar-refractivity contribution is 6.17. The molecule has 1 aromatic heterocycles. The molecule has 0 spiro atoms. The maximum atomic E-state index is 5.85. The number of hydrogen-bond donors (Lipinski definition) is 0. The van der Waals surface area contributed by atoms with Crippen LogP contribution in [0.2, 0.25) is 0 Å². The topological polar surface area (TPSA) is 25.4 Å². The van der Waals surface area contributed by atoms with Gasteiger partial charge in [-0.25, -0.2) is 4.98 Å². The Labute approximate surface area is 130 Å². The standard InChI is InChI=1S/C17H21ClN2O/c1-21-15-6-7-16-13(12-15)8-10-19-17(16)20-11-3-5-14(20)4-2-9-18/h6-8,10,12,14H,2-5,9,11H2,1H3. The summed E-state index contributed by atoms with van der Waals surface area (Å²) in [4.78, 5) is 7.11. The highest BCUT2D eigenvalue weighted by Crippen LogP contribution is 2.33. The van der Waals surface area contributed by atoms with Crippen molar-refractivity contribution < 1.29 is 4.74 Å². The van der Waals surface area contributed by atoms with Crippen LogP contribution in [-0.4, -0.2) is 30.6 Å². The Hall–Kier alpha value is -1.48. The first-order chi connectivity index (χ1) is 10.3. The van der Waals surface area contributed by atoms with E-state index in [0.717, 1.165) is 36.8 Å². The van der Waals surface area contributed by atoms with Crippen LogP contribution in [0.25, 0.3) is 10.8 Å². The van der Waals surface area contributed by atoms with Crippen molar-refractivity contribution in [2.75, 3.05) is 24.4 Å². The quantitative estimate of drug-likeness (QED) is 0.773. The predicted molar refractivity (Wildman–Crippen MR) is 88.6 cm³/mol. The van der Waals surface area contributed by atoms with E-state index in [2.05, 4.69) is 22.0 Å². The van der Waals surface area contributed by atoms with E-state index < -0.39 is 0 Å². The average molecular weight is 305 g/mol. The highest BCUT2D eigenvalue weighted by Gasteiger charge is 2.26. The van der Waals surface area contributed by atoms with Gasteiger partial charge in [-0.1, -0.05) is 0 Å². The first-order valence-electron chi connectivity index (χ1n) is 7.59. The highest BCUT2D eigenvalue weighted by atomic mass is 35.5. The predicted octanol–water partition coefficient (Wildman–Crippen LogP) is 4.23. The van der Waals surface area contributed by atoms with Gasteiger partial charge in [0.25, 0.3) is 0 Å². The summed E-state index contributed by atoms with van der Waals surface area (Å²) in [5.41, 5.74) is 0. The number of aromatic nitrogens is 1. The SMILES string of the molecule is COc1ccc2c(N3CCCC3CCCCl)nccc2c1. The molecule has 0 saturated carbocycles. The molecule has 1 saturated heterocycles. The van der Waals surface area contributed by atoms with Crippen LogP contribution in [0, 0.1) is 0 Å². The summed E-state index contributed by atoms with van der Waals surface area (Å²) in [6.07, 6.45) is 6.60. The van der Waals surface area contributed by atoms with Crippen LogP contribution >= 0.6 is 11.6 Å². The molecule has 1 unspecified atom stereocenters.